The number of methoxy groups -OCH3 is 2. The van der Waals surface area contributed by atoms with E-state index in [1.54, 1.807) is 36.9 Å². The van der Waals surface area contributed by atoms with E-state index in [1.807, 2.05) is 24.3 Å². The summed E-state index contributed by atoms with van der Waals surface area (Å²) in [7, 11) is 3.36. The molecule has 0 saturated carbocycles. The summed E-state index contributed by atoms with van der Waals surface area (Å²) in [6.07, 6.45) is 0. The second kappa shape index (κ2) is 11.4. The van der Waals surface area contributed by atoms with Crippen LogP contribution in [0.2, 0.25) is 0 Å². The van der Waals surface area contributed by atoms with Crippen LogP contribution in [0.5, 0.6) is 11.5 Å². The maximum Gasteiger partial charge on any atom is 0.119 e. The highest BCUT2D eigenvalue weighted by atomic mass is 32.1. The molecule has 206 valence electrons. The van der Waals surface area contributed by atoms with Crippen LogP contribution in [0.15, 0.2) is 115 Å². The van der Waals surface area contributed by atoms with E-state index in [1.165, 1.54) is 31.9 Å². The number of hydrogen-bond acceptors (Lipinski definition) is 8. The van der Waals surface area contributed by atoms with Crippen LogP contribution in [-0.4, -0.2) is 23.0 Å². The first-order chi connectivity index (χ1) is 20.7. The van der Waals surface area contributed by atoms with Crippen molar-refractivity contribution in [3.63, 3.8) is 0 Å². The molecule has 7 rings (SSSR count). The number of benzene rings is 4. The molecule has 0 radical (unpaired) electrons. The van der Waals surface area contributed by atoms with Crippen LogP contribution >= 0.6 is 34.4 Å². The van der Waals surface area contributed by atoms with Crippen molar-refractivity contribution in [3.05, 3.63) is 115 Å². The molecule has 0 bridgehead atoms. The lowest BCUT2D eigenvalue weighted by atomic mass is 10.1. The zero-order chi connectivity index (χ0) is 28.5. The molecule has 3 aromatic heterocycles. The number of hydrogen-bond donors (Lipinski definition) is 0. The van der Waals surface area contributed by atoms with E-state index < -0.39 is 0 Å². The van der Waals surface area contributed by atoms with Crippen LogP contribution in [0.4, 0.5) is 17.1 Å². The Balaban J connectivity index is 1.21. The van der Waals surface area contributed by atoms with Crippen LogP contribution in [0, 0.1) is 0 Å². The maximum absolute atomic E-state index is 5.39. The molecule has 0 aliphatic carbocycles. The Morgan fingerprint density at radius 2 is 1.07 bits per heavy atom. The van der Waals surface area contributed by atoms with Crippen LogP contribution in [0.25, 0.3) is 42.4 Å². The zero-order valence-corrected chi connectivity index (χ0v) is 25.3. The molecule has 0 atom stereocenters. The van der Waals surface area contributed by atoms with Gasteiger partial charge in [0.05, 0.1) is 25.9 Å². The normalized spacial score (nSPS) is 11.1. The molecule has 0 aliphatic heterocycles. The first kappa shape index (κ1) is 26.4. The van der Waals surface area contributed by atoms with Gasteiger partial charge in [0, 0.05) is 42.8 Å². The first-order valence-electron chi connectivity index (χ1n) is 13.3. The predicted octanol–water partition coefficient (Wildman–Crippen LogP) is 10.3. The number of rotatable bonds is 8. The third-order valence-electron chi connectivity index (χ3n) is 7.14. The lowest BCUT2D eigenvalue weighted by Crippen LogP contribution is -2.09. The van der Waals surface area contributed by atoms with E-state index in [0.29, 0.717) is 0 Å². The molecule has 42 heavy (non-hydrogen) atoms. The van der Waals surface area contributed by atoms with Gasteiger partial charge in [0.1, 0.15) is 22.5 Å². The zero-order valence-electron chi connectivity index (χ0n) is 22.9. The third-order valence-corrected chi connectivity index (χ3v) is 9.74. The molecular formula is C34H25N3O2S3. The summed E-state index contributed by atoms with van der Waals surface area (Å²) in [5.74, 6) is 1.65. The molecule has 0 fully saturated rings. The topological polar surface area (TPSA) is 47.5 Å². The van der Waals surface area contributed by atoms with Crippen molar-refractivity contribution in [2.75, 3.05) is 19.1 Å². The Morgan fingerprint density at radius 3 is 1.60 bits per heavy atom. The van der Waals surface area contributed by atoms with Gasteiger partial charge >= 0.3 is 0 Å². The highest BCUT2D eigenvalue weighted by Gasteiger charge is 2.17. The monoisotopic (exact) mass is 603 g/mol. The van der Waals surface area contributed by atoms with Crippen molar-refractivity contribution in [1.29, 1.82) is 0 Å². The molecule has 0 unspecified atom stereocenters. The van der Waals surface area contributed by atoms with Gasteiger partial charge in [0.2, 0.25) is 0 Å². The quantitative estimate of drug-likeness (QED) is 0.173. The van der Waals surface area contributed by atoms with Gasteiger partial charge in [-0.1, -0.05) is 30.3 Å². The molecule has 0 amide bonds. The standard InChI is InChI=1S/C34H25N3O2S3/c1-38-26-13-9-24(10-14-26)37(25-11-15-27(39-2)16-12-25)23-7-5-22(6-8-23)30-19-20-32(41-30)29-18-17-28(31-4-3-21-40-31)33-34(29)36-42-35-33/h3-21H,1-2H3. The van der Waals surface area contributed by atoms with Crippen LogP contribution in [-0.2, 0) is 0 Å². The molecular weight excluding hydrogens is 579 g/mol. The number of nitrogens with zero attached hydrogens (tertiary/aromatic N) is 3. The minimum atomic E-state index is 0.823. The van der Waals surface area contributed by atoms with Gasteiger partial charge in [-0.2, -0.15) is 8.75 Å². The average molecular weight is 604 g/mol. The minimum Gasteiger partial charge on any atom is -0.497 e. The lowest BCUT2D eigenvalue weighted by molar-refractivity contribution is 0.415. The molecule has 3 heterocycles. The van der Waals surface area contributed by atoms with Crippen molar-refractivity contribution in [1.82, 2.24) is 8.75 Å². The summed E-state index contributed by atoms with van der Waals surface area (Å²) < 4.78 is 20.1. The number of thiophene rings is 2. The van der Waals surface area contributed by atoms with Gasteiger partial charge in [-0.15, -0.1) is 22.7 Å². The molecule has 0 aliphatic rings. The van der Waals surface area contributed by atoms with Crippen molar-refractivity contribution in [2.45, 2.75) is 0 Å². The fourth-order valence-corrected chi connectivity index (χ4v) is 7.38. The van der Waals surface area contributed by atoms with Crippen LogP contribution in [0.3, 0.4) is 0 Å². The minimum absolute atomic E-state index is 0.823. The Morgan fingerprint density at radius 1 is 0.548 bits per heavy atom. The van der Waals surface area contributed by atoms with Crippen LogP contribution in [0.1, 0.15) is 0 Å². The van der Waals surface area contributed by atoms with Crippen molar-refractivity contribution < 1.29 is 9.47 Å². The van der Waals surface area contributed by atoms with Gasteiger partial charge in [0.25, 0.3) is 0 Å². The van der Waals surface area contributed by atoms with Gasteiger partial charge in [-0.25, -0.2) is 0 Å². The molecule has 5 nitrogen and oxygen atoms in total. The Labute approximate surface area is 256 Å². The largest absolute Gasteiger partial charge is 0.497 e. The Bertz CT molecular complexity index is 1900. The summed E-state index contributed by atoms with van der Waals surface area (Å²) in [5.41, 5.74) is 8.51. The smallest absolute Gasteiger partial charge is 0.119 e. The van der Waals surface area contributed by atoms with E-state index in [4.69, 9.17) is 9.47 Å². The molecule has 0 N–H and O–H groups in total. The van der Waals surface area contributed by atoms with Crippen LogP contribution < -0.4 is 14.4 Å². The van der Waals surface area contributed by atoms with Gasteiger partial charge in [-0.05, 0) is 89.8 Å². The Kier molecular flexibility index (Phi) is 7.17. The average Bonchev–Trinajstić information content (AvgIpc) is 3.85. The van der Waals surface area contributed by atoms with E-state index in [-0.39, 0.29) is 0 Å². The number of fused-ring (bicyclic) bond motifs is 1. The highest BCUT2D eigenvalue weighted by molar-refractivity contribution is 7.19. The molecule has 4 aromatic carbocycles. The second-order valence-corrected chi connectivity index (χ2v) is 12.1. The molecule has 0 spiro atoms. The number of ether oxygens (including phenoxy) is 2. The van der Waals surface area contributed by atoms with Crippen molar-refractivity contribution in [3.8, 4) is 42.8 Å². The summed E-state index contributed by atoms with van der Waals surface area (Å²) in [6.45, 7) is 0. The second-order valence-electron chi connectivity index (χ2n) is 9.54. The van der Waals surface area contributed by atoms with Gasteiger partial charge in [0.15, 0.2) is 0 Å². The van der Waals surface area contributed by atoms with E-state index in [0.717, 1.165) is 50.7 Å². The maximum atomic E-state index is 5.39. The highest BCUT2D eigenvalue weighted by Crippen LogP contribution is 2.42. The van der Waals surface area contributed by atoms with E-state index >= 15 is 0 Å². The fourth-order valence-electron chi connectivity index (χ4n) is 5.02. The predicted molar refractivity (Wildman–Crippen MR) is 177 cm³/mol. The van der Waals surface area contributed by atoms with Gasteiger partial charge in [-0.3, -0.25) is 0 Å². The first-order valence-corrected chi connectivity index (χ1v) is 15.7. The SMILES string of the molecule is COc1ccc(N(c2ccc(OC)cc2)c2ccc(-c3ccc(-c4ccc(-c5cccs5)c5nsnc45)s3)cc2)cc1. The summed E-state index contributed by atoms with van der Waals surface area (Å²) in [4.78, 5) is 5.83. The number of aromatic nitrogens is 2. The lowest BCUT2D eigenvalue weighted by Gasteiger charge is -2.26. The fraction of sp³-hybridized carbons (Fsp3) is 0.0588. The number of anilines is 3. The third kappa shape index (κ3) is 4.94. The molecule has 7 aromatic rings. The van der Waals surface area contributed by atoms with Gasteiger partial charge < -0.3 is 14.4 Å². The summed E-state index contributed by atoms with van der Waals surface area (Å²) >= 11 is 4.77. The summed E-state index contributed by atoms with van der Waals surface area (Å²) in [6, 6.07) is 37.9. The van der Waals surface area contributed by atoms with Crippen molar-refractivity contribution >= 4 is 62.5 Å². The van der Waals surface area contributed by atoms with E-state index in [2.05, 4.69) is 104 Å². The summed E-state index contributed by atoms with van der Waals surface area (Å²) in [5, 5.41) is 2.10. The molecule has 8 heteroatoms. The van der Waals surface area contributed by atoms with E-state index in [9.17, 15) is 0 Å². The van der Waals surface area contributed by atoms with Crippen molar-refractivity contribution in [2.24, 2.45) is 0 Å². The Hall–Kier alpha value is -4.50. The molecule has 0 saturated heterocycles.